The smallest absolute Gasteiger partial charge is 0.265 e. The van der Waals surface area contributed by atoms with Crippen LogP contribution in [0.25, 0.3) is 0 Å². The highest BCUT2D eigenvalue weighted by Crippen LogP contribution is 1.86. The van der Waals surface area contributed by atoms with Crippen LogP contribution in [-0.2, 0) is 7.05 Å². The molecule has 1 aromatic rings. The van der Waals surface area contributed by atoms with Crippen molar-refractivity contribution in [2.75, 3.05) is 6.54 Å². The monoisotopic (exact) mass is 181 g/mol. The summed E-state index contributed by atoms with van der Waals surface area (Å²) in [6.07, 6.45) is 2.64. The number of hydrogen-bond donors (Lipinski definition) is 1. The van der Waals surface area contributed by atoms with Crippen LogP contribution in [0, 0.1) is 0 Å². The van der Waals surface area contributed by atoms with Crippen LogP contribution in [-0.4, -0.2) is 22.0 Å². The quantitative estimate of drug-likeness (QED) is 0.670. The van der Waals surface area contributed by atoms with Gasteiger partial charge in [-0.25, -0.2) is 4.98 Å². The molecule has 0 unspecified atom stereocenters. The number of hydrogen-bond acceptors (Lipinski definition) is 3. The van der Waals surface area contributed by atoms with Crippen LogP contribution in [0.5, 0.6) is 0 Å². The highest BCUT2D eigenvalue weighted by Gasteiger charge is 2.09. The molecule has 1 N–H and O–H groups in total. The predicted molar refractivity (Wildman–Crippen MR) is 47.5 cm³/mol. The maximum atomic E-state index is 11.3. The lowest BCUT2D eigenvalue weighted by Gasteiger charge is -2.01. The second-order valence-corrected chi connectivity index (χ2v) is 2.58. The van der Waals surface area contributed by atoms with E-state index in [4.69, 9.17) is 0 Å². The van der Waals surface area contributed by atoms with Gasteiger partial charge in [-0.15, -0.1) is 0 Å². The summed E-state index contributed by atoms with van der Waals surface area (Å²) in [4.78, 5) is 26.4. The average Bonchev–Trinajstić information content (AvgIpc) is 2.10. The van der Waals surface area contributed by atoms with Gasteiger partial charge in [-0.05, 0) is 6.92 Å². The summed E-state index contributed by atoms with van der Waals surface area (Å²) in [5.74, 6) is -0.379. The van der Waals surface area contributed by atoms with Gasteiger partial charge in [0.05, 0.1) is 6.33 Å². The Labute approximate surface area is 75.4 Å². The van der Waals surface area contributed by atoms with Gasteiger partial charge in [-0.2, -0.15) is 0 Å². The number of carbonyl (C=O) groups excluding carboxylic acids is 1. The molecule has 1 rings (SSSR count). The van der Waals surface area contributed by atoms with Crippen molar-refractivity contribution in [1.29, 1.82) is 0 Å². The fraction of sp³-hybridized carbons (Fsp3) is 0.375. The first-order chi connectivity index (χ1) is 6.16. The molecule has 0 saturated carbocycles. The molecular weight excluding hydrogens is 170 g/mol. The third-order valence-corrected chi connectivity index (χ3v) is 1.58. The first-order valence-electron chi connectivity index (χ1n) is 3.95. The van der Waals surface area contributed by atoms with Gasteiger partial charge >= 0.3 is 0 Å². The van der Waals surface area contributed by atoms with E-state index in [-0.39, 0.29) is 17.0 Å². The summed E-state index contributed by atoms with van der Waals surface area (Å²) in [5.41, 5.74) is -0.257. The van der Waals surface area contributed by atoms with E-state index in [1.807, 2.05) is 0 Å². The van der Waals surface area contributed by atoms with E-state index in [0.717, 1.165) is 0 Å². The van der Waals surface area contributed by atoms with Crippen LogP contribution < -0.4 is 10.9 Å². The van der Waals surface area contributed by atoms with Gasteiger partial charge in [-0.1, -0.05) is 0 Å². The van der Waals surface area contributed by atoms with Gasteiger partial charge in [0, 0.05) is 19.8 Å². The molecule has 5 nitrogen and oxygen atoms in total. The van der Waals surface area contributed by atoms with E-state index in [1.54, 1.807) is 14.0 Å². The minimum Gasteiger partial charge on any atom is -0.352 e. The zero-order valence-electron chi connectivity index (χ0n) is 7.57. The normalized spacial score (nSPS) is 9.69. The molecule has 0 aliphatic heterocycles. The van der Waals surface area contributed by atoms with Gasteiger partial charge in [-0.3, -0.25) is 9.59 Å². The minimum atomic E-state index is -0.379. The highest BCUT2D eigenvalue weighted by atomic mass is 16.2. The first kappa shape index (κ1) is 9.44. The van der Waals surface area contributed by atoms with Crippen LogP contribution in [0.4, 0.5) is 0 Å². The minimum absolute atomic E-state index is 0.0758. The molecule has 13 heavy (non-hydrogen) atoms. The van der Waals surface area contributed by atoms with Crippen LogP contribution in [0.15, 0.2) is 17.3 Å². The third-order valence-electron chi connectivity index (χ3n) is 1.58. The molecule has 0 spiro atoms. The Morgan fingerprint density at radius 3 is 3.00 bits per heavy atom. The fourth-order valence-corrected chi connectivity index (χ4v) is 0.917. The van der Waals surface area contributed by atoms with Crippen molar-refractivity contribution in [3.05, 3.63) is 28.4 Å². The molecule has 0 aromatic carbocycles. The Bertz CT molecular complexity index is 370. The molecule has 1 amide bonds. The van der Waals surface area contributed by atoms with E-state index in [1.165, 1.54) is 17.1 Å². The fourth-order valence-electron chi connectivity index (χ4n) is 0.917. The van der Waals surface area contributed by atoms with Crippen molar-refractivity contribution in [1.82, 2.24) is 14.9 Å². The van der Waals surface area contributed by atoms with Crippen molar-refractivity contribution in [2.24, 2.45) is 7.05 Å². The molecule has 0 atom stereocenters. The molecule has 1 aromatic heterocycles. The lowest BCUT2D eigenvalue weighted by atomic mass is 10.3. The number of aromatic nitrogens is 2. The number of aryl methyl sites for hydroxylation is 1. The molecule has 70 valence electrons. The largest absolute Gasteiger partial charge is 0.352 e. The highest BCUT2D eigenvalue weighted by molar-refractivity contribution is 5.93. The van der Waals surface area contributed by atoms with Crippen molar-refractivity contribution in [3.63, 3.8) is 0 Å². The summed E-state index contributed by atoms with van der Waals surface area (Å²) < 4.78 is 1.27. The summed E-state index contributed by atoms with van der Waals surface area (Å²) in [6.45, 7) is 2.29. The number of nitrogens with one attached hydrogen (secondary N) is 1. The van der Waals surface area contributed by atoms with Gasteiger partial charge in [0.2, 0.25) is 0 Å². The van der Waals surface area contributed by atoms with E-state index < -0.39 is 0 Å². The molecule has 0 saturated heterocycles. The molecular formula is C8H11N3O2. The Kier molecular flexibility index (Phi) is 2.79. The van der Waals surface area contributed by atoms with Gasteiger partial charge < -0.3 is 9.88 Å². The van der Waals surface area contributed by atoms with Crippen LogP contribution in [0.3, 0.4) is 0 Å². The lowest BCUT2D eigenvalue weighted by molar-refractivity contribution is 0.0953. The second kappa shape index (κ2) is 3.84. The summed E-state index contributed by atoms with van der Waals surface area (Å²) in [6, 6.07) is 0. The van der Waals surface area contributed by atoms with Crippen LogP contribution >= 0.6 is 0 Å². The number of nitrogens with zero attached hydrogens (tertiary/aromatic N) is 2. The standard InChI is InChI=1S/C8H11N3O2/c1-3-10-7(12)6-4-9-5-11(2)8(6)13/h4-5H,3H2,1-2H3,(H,10,12). The number of amides is 1. The SMILES string of the molecule is CCNC(=O)c1cncn(C)c1=O. The lowest BCUT2D eigenvalue weighted by Crippen LogP contribution is -2.32. The van der Waals surface area contributed by atoms with E-state index in [0.29, 0.717) is 6.54 Å². The van der Waals surface area contributed by atoms with Gasteiger partial charge in [0.25, 0.3) is 11.5 Å². The van der Waals surface area contributed by atoms with Crippen molar-refractivity contribution in [3.8, 4) is 0 Å². The average molecular weight is 181 g/mol. The Hall–Kier alpha value is -1.65. The Morgan fingerprint density at radius 2 is 2.38 bits per heavy atom. The Morgan fingerprint density at radius 1 is 1.69 bits per heavy atom. The molecule has 0 aliphatic carbocycles. The topological polar surface area (TPSA) is 64.0 Å². The molecule has 5 heteroatoms. The molecule has 0 fully saturated rings. The number of rotatable bonds is 2. The van der Waals surface area contributed by atoms with Crippen molar-refractivity contribution < 1.29 is 4.79 Å². The van der Waals surface area contributed by atoms with Gasteiger partial charge in [0.1, 0.15) is 5.56 Å². The Balaban J connectivity index is 3.08. The van der Waals surface area contributed by atoms with Crippen LogP contribution in [0.1, 0.15) is 17.3 Å². The van der Waals surface area contributed by atoms with Crippen LogP contribution in [0.2, 0.25) is 0 Å². The van der Waals surface area contributed by atoms with Crippen molar-refractivity contribution in [2.45, 2.75) is 6.92 Å². The summed E-state index contributed by atoms with van der Waals surface area (Å²) in [7, 11) is 1.55. The van der Waals surface area contributed by atoms with E-state index in [2.05, 4.69) is 10.3 Å². The predicted octanol–water partition coefficient (Wildman–Crippen LogP) is -0.470. The summed E-state index contributed by atoms with van der Waals surface area (Å²) >= 11 is 0. The number of carbonyl (C=O) groups is 1. The molecule has 0 radical (unpaired) electrons. The first-order valence-corrected chi connectivity index (χ1v) is 3.95. The zero-order chi connectivity index (χ0) is 9.84. The molecule has 0 bridgehead atoms. The zero-order valence-corrected chi connectivity index (χ0v) is 7.57. The maximum Gasteiger partial charge on any atom is 0.265 e. The van der Waals surface area contributed by atoms with E-state index >= 15 is 0 Å². The maximum absolute atomic E-state index is 11.3. The summed E-state index contributed by atoms with van der Waals surface area (Å²) in [5, 5.41) is 2.54. The molecule has 0 aliphatic rings. The second-order valence-electron chi connectivity index (χ2n) is 2.58. The third kappa shape index (κ3) is 1.93. The van der Waals surface area contributed by atoms with E-state index in [9.17, 15) is 9.59 Å². The van der Waals surface area contributed by atoms with Gasteiger partial charge in [0.15, 0.2) is 0 Å². The van der Waals surface area contributed by atoms with Crippen molar-refractivity contribution >= 4 is 5.91 Å². The molecule has 1 heterocycles.